The predicted molar refractivity (Wildman–Crippen MR) is 69.2 cm³/mol. The fourth-order valence-corrected chi connectivity index (χ4v) is 2.09. The summed E-state index contributed by atoms with van der Waals surface area (Å²) in [4.78, 5) is 10.8. The summed E-state index contributed by atoms with van der Waals surface area (Å²) in [5.74, 6) is 0.804. The first-order chi connectivity index (χ1) is 7.60. The van der Waals surface area contributed by atoms with Crippen molar-refractivity contribution in [3.8, 4) is 5.75 Å². The zero-order valence-corrected chi connectivity index (χ0v) is 11.1. The molecule has 0 aliphatic heterocycles. The van der Waals surface area contributed by atoms with Crippen LogP contribution in [-0.4, -0.2) is 13.4 Å². The van der Waals surface area contributed by atoms with Gasteiger partial charge in [0, 0.05) is 15.6 Å². The maximum absolute atomic E-state index is 10.8. The molecule has 0 radical (unpaired) electrons. The molecule has 0 aromatic heterocycles. The summed E-state index contributed by atoms with van der Waals surface area (Å²) in [6, 6.07) is 3.57. The number of allylic oxidation sites excluding steroid dienone is 1. The molecule has 1 rings (SSSR count). The molecule has 16 heavy (non-hydrogen) atoms. The predicted octanol–water partition coefficient (Wildman–Crippen LogP) is 3.78. The average molecular weight is 283 g/mol. The van der Waals surface area contributed by atoms with Gasteiger partial charge in [0.2, 0.25) is 0 Å². The summed E-state index contributed by atoms with van der Waals surface area (Å²) in [6.07, 6.45) is 2.55. The summed E-state index contributed by atoms with van der Waals surface area (Å²) in [6.45, 7) is 5.86. The molecule has 0 fully saturated rings. The van der Waals surface area contributed by atoms with E-state index in [0.29, 0.717) is 5.56 Å². The minimum Gasteiger partial charge on any atom is -0.496 e. The third-order valence-electron chi connectivity index (χ3n) is 2.38. The van der Waals surface area contributed by atoms with Gasteiger partial charge < -0.3 is 4.74 Å². The Bertz CT molecular complexity index is 411. The molecule has 0 aliphatic carbocycles. The lowest BCUT2D eigenvalue weighted by Crippen LogP contribution is -1.97. The van der Waals surface area contributed by atoms with E-state index in [0.717, 1.165) is 40.5 Å². The largest absolute Gasteiger partial charge is 0.496 e. The summed E-state index contributed by atoms with van der Waals surface area (Å²) in [5, 5.41) is 0. The Hall–Kier alpha value is -1.09. The fraction of sp³-hybridized carbons (Fsp3) is 0.308. The zero-order chi connectivity index (χ0) is 12.1. The normalized spacial score (nSPS) is 9.94. The Balaban J connectivity index is 3.10. The van der Waals surface area contributed by atoms with Gasteiger partial charge in [-0.1, -0.05) is 5.57 Å². The van der Waals surface area contributed by atoms with E-state index in [9.17, 15) is 4.79 Å². The van der Waals surface area contributed by atoms with Gasteiger partial charge in [-0.25, -0.2) is 0 Å². The molecule has 0 saturated heterocycles. The van der Waals surface area contributed by atoms with Crippen molar-refractivity contribution in [3.05, 3.63) is 39.9 Å². The van der Waals surface area contributed by atoms with Crippen LogP contribution in [0.4, 0.5) is 0 Å². The van der Waals surface area contributed by atoms with Crippen LogP contribution in [-0.2, 0) is 6.42 Å². The number of ether oxygens (including phenoxy) is 1. The minimum atomic E-state index is 0.650. The van der Waals surface area contributed by atoms with Gasteiger partial charge >= 0.3 is 0 Å². The number of aldehydes is 1. The number of carbonyl (C=O) groups excluding carboxylic acids is 1. The van der Waals surface area contributed by atoms with E-state index in [1.807, 2.05) is 13.0 Å². The van der Waals surface area contributed by atoms with Crippen LogP contribution in [0.2, 0.25) is 0 Å². The Morgan fingerprint density at radius 3 is 2.75 bits per heavy atom. The summed E-state index contributed by atoms with van der Waals surface area (Å²) >= 11 is 3.44. The highest BCUT2D eigenvalue weighted by molar-refractivity contribution is 9.10. The average Bonchev–Trinajstić information content (AvgIpc) is 2.26. The molecular weight excluding hydrogens is 268 g/mol. The van der Waals surface area contributed by atoms with Crippen molar-refractivity contribution in [1.29, 1.82) is 0 Å². The van der Waals surface area contributed by atoms with E-state index in [1.54, 1.807) is 13.2 Å². The zero-order valence-electron chi connectivity index (χ0n) is 9.55. The van der Waals surface area contributed by atoms with Gasteiger partial charge in [-0.05, 0) is 47.8 Å². The van der Waals surface area contributed by atoms with Crippen molar-refractivity contribution in [3.63, 3.8) is 0 Å². The highest BCUT2D eigenvalue weighted by atomic mass is 79.9. The molecule has 0 unspecified atom stereocenters. The standard InChI is InChI=1S/C13H15BrO2/c1-9(2)4-6-11-12(16-3)7-5-10(8-15)13(11)14/h5,7-8H,1,4,6H2,2-3H3. The maximum Gasteiger partial charge on any atom is 0.151 e. The second kappa shape index (κ2) is 5.85. The SMILES string of the molecule is C=C(C)CCc1c(OC)ccc(C=O)c1Br. The molecule has 0 amide bonds. The van der Waals surface area contributed by atoms with Crippen molar-refractivity contribution >= 4 is 22.2 Å². The number of hydrogen-bond acceptors (Lipinski definition) is 2. The lowest BCUT2D eigenvalue weighted by atomic mass is 10.0. The van der Waals surface area contributed by atoms with Crippen molar-refractivity contribution in [2.24, 2.45) is 0 Å². The van der Waals surface area contributed by atoms with Crippen LogP contribution in [0.1, 0.15) is 29.3 Å². The molecule has 2 nitrogen and oxygen atoms in total. The number of hydrogen-bond donors (Lipinski definition) is 0. The second-order valence-electron chi connectivity index (χ2n) is 3.72. The molecule has 3 heteroatoms. The lowest BCUT2D eigenvalue weighted by Gasteiger charge is -2.12. The number of rotatable bonds is 5. The molecule has 0 bridgehead atoms. The van der Waals surface area contributed by atoms with Crippen molar-refractivity contribution < 1.29 is 9.53 Å². The van der Waals surface area contributed by atoms with Crippen LogP contribution in [0.25, 0.3) is 0 Å². The first-order valence-electron chi connectivity index (χ1n) is 5.05. The highest BCUT2D eigenvalue weighted by Crippen LogP contribution is 2.31. The van der Waals surface area contributed by atoms with Gasteiger partial charge in [-0.3, -0.25) is 4.79 Å². The maximum atomic E-state index is 10.8. The van der Waals surface area contributed by atoms with Gasteiger partial charge in [0.15, 0.2) is 6.29 Å². The number of carbonyl (C=O) groups is 1. The Kier molecular flexibility index (Phi) is 4.74. The van der Waals surface area contributed by atoms with E-state index in [4.69, 9.17) is 4.74 Å². The Labute approximate surface area is 104 Å². The number of benzene rings is 1. The van der Waals surface area contributed by atoms with Gasteiger partial charge in [0.05, 0.1) is 7.11 Å². The number of halogens is 1. The molecule has 0 heterocycles. The fourth-order valence-electron chi connectivity index (χ4n) is 1.48. The molecule has 86 valence electrons. The van der Waals surface area contributed by atoms with Gasteiger partial charge in [0.25, 0.3) is 0 Å². The summed E-state index contributed by atoms with van der Waals surface area (Å²) < 4.78 is 6.10. The van der Waals surface area contributed by atoms with E-state index in [2.05, 4.69) is 22.5 Å². The van der Waals surface area contributed by atoms with E-state index in [1.165, 1.54) is 0 Å². The van der Waals surface area contributed by atoms with E-state index in [-0.39, 0.29) is 0 Å². The van der Waals surface area contributed by atoms with Gasteiger partial charge in [0.1, 0.15) is 5.75 Å². The number of methoxy groups -OCH3 is 1. The third kappa shape index (κ3) is 2.95. The first kappa shape index (κ1) is 13.0. The molecule has 0 spiro atoms. The Morgan fingerprint density at radius 1 is 1.56 bits per heavy atom. The highest BCUT2D eigenvalue weighted by Gasteiger charge is 2.11. The topological polar surface area (TPSA) is 26.3 Å². The molecule has 0 N–H and O–H groups in total. The van der Waals surface area contributed by atoms with E-state index >= 15 is 0 Å². The van der Waals surface area contributed by atoms with Crippen LogP contribution in [0, 0.1) is 0 Å². The van der Waals surface area contributed by atoms with Crippen molar-refractivity contribution in [2.45, 2.75) is 19.8 Å². The molecular formula is C13H15BrO2. The van der Waals surface area contributed by atoms with Crippen molar-refractivity contribution in [2.75, 3.05) is 7.11 Å². The monoisotopic (exact) mass is 282 g/mol. The quantitative estimate of drug-likeness (QED) is 0.607. The van der Waals surface area contributed by atoms with Gasteiger partial charge in [-0.2, -0.15) is 0 Å². The summed E-state index contributed by atoms with van der Waals surface area (Å²) in [5.41, 5.74) is 2.79. The van der Waals surface area contributed by atoms with Crippen LogP contribution in [0.5, 0.6) is 5.75 Å². The smallest absolute Gasteiger partial charge is 0.151 e. The molecule has 1 aromatic carbocycles. The lowest BCUT2D eigenvalue weighted by molar-refractivity contribution is 0.112. The van der Waals surface area contributed by atoms with Crippen LogP contribution in [0.3, 0.4) is 0 Å². The second-order valence-corrected chi connectivity index (χ2v) is 4.52. The first-order valence-corrected chi connectivity index (χ1v) is 5.84. The van der Waals surface area contributed by atoms with Crippen molar-refractivity contribution in [1.82, 2.24) is 0 Å². The van der Waals surface area contributed by atoms with Crippen LogP contribution < -0.4 is 4.74 Å². The molecule has 1 aromatic rings. The van der Waals surface area contributed by atoms with Crippen LogP contribution in [0.15, 0.2) is 28.8 Å². The molecule has 0 saturated carbocycles. The molecule has 0 aliphatic rings. The van der Waals surface area contributed by atoms with Gasteiger partial charge in [-0.15, -0.1) is 6.58 Å². The van der Waals surface area contributed by atoms with Crippen LogP contribution >= 0.6 is 15.9 Å². The Morgan fingerprint density at radius 2 is 2.25 bits per heavy atom. The third-order valence-corrected chi connectivity index (χ3v) is 3.32. The summed E-state index contributed by atoms with van der Waals surface area (Å²) in [7, 11) is 1.63. The molecule has 0 atom stereocenters. The minimum absolute atomic E-state index is 0.650. The van der Waals surface area contributed by atoms with E-state index < -0.39 is 0 Å².